The number of nitrogens with two attached hydrogens (primary N) is 1. The van der Waals surface area contributed by atoms with Gasteiger partial charge >= 0.3 is 0 Å². The molecule has 0 heterocycles. The molecule has 0 spiro atoms. The van der Waals surface area contributed by atoms with Crippen molar-refractivity contribution < 1.29 is 24.1 Å². The Bertz CT molecular complexity index is 136. The molecule has 3 N–H and O–H groups in total. The van der Waals surface area contributed by atoms with Gasteiger partial charge in [0.1, 0.15) is 6.10 Å². The zero-order chi connectivity index (χ0) is 12.1. The molecular formula is C10H23NO5. The summed E-state index contributed by atoms with van der Waals surface area (Å²) in [5.74, 6) is 0. The van der Waals surface area contributed by atoms with Crippen LogP contribution >= 0.6 is 0 Å². The van der Waals surface area contributed by atoms with Gasteiger partial charge in [0.25, 0.3) is 0 Å². The summed E-state index contributed by atoms with van der Waals surface area (Å²) in [6, 6.07) is 0. The summed E-state index contributed by atoms with van der Waals surface area (Å²) in [5.41, 5.74) is 5.24. The largest absolute Gasteiger partial charge is 0.388 e. The van der Waals surface area contributed by atoms with E-state index in [9.17, 15) is 5.11 Å². The van der Waals surface area contributed by atoms with Crippen molar-refractivity contribution in [2.45, 2.75) is 6.10 Å². The van der Waals surface area contributed by atoms with E-state index in [0.29, 0.717) is 39.6 Å². The second kappa shape index (κ2) is 12.8. The summed E-state index contributed by atoms with van der Waals surface area (Å²) in [4.78, 5) is 0. The molecule has 0 aromatic carbocycles. The highest BCUT2D eigenvalue weighted by atomic mass is 16.5. The van der Waals surface area contributed by atoms with Crippen LogP contribution in [0, 0.1) is 0 Å². The maximum Gasteiger partial charge on any atom is 0.101 e. The Balaban J connectivity index is 2.98. The molecule has 98 valence electrons. The van der Waals surface area contributed by atoms with E-state index < -0.39 is 6.10 Å². The van der Waals surface area contributed by atoms with Crippen LogP contribution in [0.25, 0.3) is 0 Å². The quantitative estimate of drug-likeness (QED) is 0.424. The summed E-state index contributed by atoms with van der Waals surface area (Å²) < 4.78 is 20.2. The second-order valence-electron chi connectivity index (χ2n) is 3.20. The number of ether oxygens (including phenoxy) is 4. The summed E-state index contributed by atoms with van der Waals surface area (Å²) in [7, 11) is 1.54. The zero-order valence-electron chi connectivity index (χ0n) is 9.89. The highest BCUT2D eigenvalue weighted by molar-refractivity contribution is 4.49. The average molecular weight is 237 g/mol. The summed E-state index contributed by atoms with van der Waals surface area (Å²) in [5, 5.41) is 9.23. The number of aliphatic hydroxyl groups excluding tert-OH is 1. The number of hydrogen-bond donors (Lipinski definition) is 2. The standard InChI is InChI=1S/C10H23NO5/c1-13-8-10(12)9-16-7-6-15-5-4-14-3-2-11/h10,12H,2-9,11H2,1H3. The first kappa shape index (κ1) is 15.8. The van der Waals surface area contributed by atoms with Crippen molar-refractivity contribution >= 4 is 0 Å². The van der Waals surface area contributed by atoms with Gasteiger partial charge in [-0.3, -0.25) is 0 Å². The minimum Gasteiger partial charge on any atom is -0.388 e. The second-order valence-corrected chi connectivity index (χ2v) is 3.20. The molecule has 0 saturated carbocycles. The fourth-order valence-electron chi connectivity index (χ4n) is 0.983. The van der Waals surface area contributed by atoms with E-state index in [2.05, 4.69) is 0 Å². The van der Waals surface area contributed by atoms with E-state index in [0.717, 1.165) is 0 Å². The summed E-state index contributed by atoms with van der Waals surface area (Å²) >= 11 is 0. The van der Waals surface area contributed by atoms with Gasteiger partial charge in [0.15, 0.2) is 0 Å². The van der Waals surface area contributed by atoms with Gasteiger partial charge in [-0.05, 0) is 0 Å². The highest BCUT2D eigenvalue weighted by Crippen LogP contribution is 1.87. The number of hydrogen-bond acceptors (Lipinski definition) is 6. The van der Waals surface area contributed by atoms with Crippen LogP contribution in [0.1, 0.15) is 0 Å². The number of methoxy groups -OCH3 is 1. The molecule has 0 aliphatic rings. The maximum atomic E-state index is 9.23. The molecule has 0 aromatic rings. The Hall–Kier alpha value is -0.240. The first-order valence-corrected chi connectivity index (χ1v) is 5.41. The van der Waals surface area contributed by atoms with Gasteiger partial charge in [-0.15, -0.1) is 0 Å². The van der Waals surface area contributed by atoms with Crippen LogP contribution in [0.5, 0.6) is 0 Å². The minimum atomic E-state index is -0.571. The normalized spacial score (nSPS) is 12.9. The number of rotatable bonds is 12. The van der Waals surface area contributed by atoms with Gasteiger partial charge in [-0.1, -0.05) is 0 Å². The molecular weight excluding hydrogens is 214 g/mol. The molecule has 0 bridgehead atoms. The molecule has 0 rings (SSSR count). The van der Waals surface area contributed by atoms with Gasteiger partial charge in [-0.2, -0.15) is 0 Å². The third-order valence-corrected chi connectivity index (χ3v) is 1.68. The van der Waals surface area contributed by atoms with Crippen LogP contribution in [0.3, 0.4) is 0 Å². The van der Waals surface area contributed by atoms with E-state index >= 15 is 0 Å². The lowest BCUT2D eigenvalue weighted by atomic mass is 10.4. The average Bonchev–Trinajstić information content (AvgIpc) is 2.27. The molecule has 0 aliphatic heterocycles. The predicted molar refractivity (Wildman–Crippen MR) is 59.4 cm³/mol. The fourth-order valence-corrected chi connectivity index (χ4v) is 0.983. The van der Waals surface area contributed by atoms with E-state index in [1.54, 1.807) is 0 Å². The van der Waals surface area contributed by atoms with Crippen molar-refractivity contribution in [2.24, 2.45) is 5.73 Å². The smallest absolute Gasteiger partial charge is 0.101 e. The Morgan fingerprint density at radius 3 is 2.06 bits per heavy atom. The van der Waals surface area contributed by atoms with Crippen LogP contribution < -0.4 is 5.73 Å². The molecule has 0 aromatic heterocycles. The third kappa shape index (κ3) is 11.8. The van der Waals surface area contributed by atoms with E-state index in [1.807, 2.05) is 0 Å². The van der Waals surface area contributed by atoms with E-state index in [-0.39, 0.29) is 13.2 Å². The first-order valence-electron chi connectivity index (χ1n) is 5.41. The minimum absolute atomic E-state index is 0.265. The lowest BCUT2D eigenvalue weighted by Crippen LogP contribution is -2.22. The van der Waals surface area contributed by atoms with E-state index in [1.165, 1.54) is 7.11 Å². The zero-order valence-corrected chi connectivity index (χ0v) is 9.89. The summed E-state index contributed by atoms with van der Waals surface area (Å²) in [6.45, 7) is 3.66. The van der Waals surface area contributed by atoms with Crippen LogP contribution in [0.4, 0.5) is 0 Å². The Kier molecular flexibility index (Phi) is 12.6. The maximum absolute atomic E-state index is 9.23. The van der Waals surface area contributed by atoms with Gasteiger partial charge in [0.2, 0.25) is 0 Å². The first-order chi connectivity index (χ1) is 7.81. The Morgan fingerprint density at radius 1 is 0.938 bits per heavy atom. The van der Waals surface area contributed by atoms with Crippen LogP contribution in [-0.4, -0.2) is 71.1 Å². The van der Waals surface area contributed by atoms with Gasteiger partial charge in [0.05, 0.1) is 46.2 Å². The van der Waals surface area contributed by atoms with Gasteiger partial charge < -0.3 is 29.8 Å². The molecule has 0 amide bonds. The van der Waals surface area contributed by atoms with Crippen LogP contribution in [0.2, 0.25) is 0 Å². The number of aliphatic hydroxyl groups is 1. The van der Waals surface area contributed by atoms with Crippen molar-refractivity contribution in [1.82, 2.24) is 0 Å². The lowest BCUT2D eigenvalue weighted by Gasteiger charge is -2.10. The monoisotopic (exact) mass is 237 g/mol. The SMILES string of the molecule is COCC(O)COCCOCCOCCN. The Labute approximate surface area is 96.6 Å². The molecule has 0 aliphatic carbocycles. The molecule has 16 heavy (non-hydrogen) atoms. The van der Waals surface area contributed by atoms with Gasteiger partial charge in [0, 0.05) is 13.7 Å². The van der Waals surface area contributed by atoms with Crippen LogP contribution in [-0.2, 0) is 18.9 Å². The fraction of sp³-hybridized carbons (Fsp3) is 1.00. The van der Waals surface area contributed by atoms with Crippen molar-refractivity contribution in [3.8, 4) is 0 Å². The molecule has 0 saturated heterocycles. The molecule has 1 unspecified atom stereocenters. The van der Waals surface area contributed by atoms with Crippen molar-refractivity contribution in [3.63, 3.8) is 0 Å². The molecule has 1 atom stereocenters. The molecule has 6 heteroatoms. The Morgan fingerprint density at radius 2 is 1.50 bits per heavy atom. The van der Waals surface area contributed by atoms with Crippen LogP contribution in [0.15, 0.2) is 0 Å². The molecule has 6 nitrogen and oxygen atoms in total. The summed E-state index contributed by atoms with van der Waals surface area (Å²) in [6.07, 6.45) is -0.571. The predicted octanol–water partition coefficient (Wildman–Crippen LogP) is -0.998. The topological polar surface area (TPSA) is 83.2 Å². The molecule has 0 radical (unpaired) electrons. The molecule has 0 fully saturated rings. The van der Waals surface area contributed by atoms with Crippen molar-refractivity contribution in [3.05, 3.63) is 0 Å². The third-order valence-electron chi connectivity index (χ3n) is 1.68. The van der Waals surface area contributed by atoms with Crippen molar-refractivity contribution in [2.75, 3.05) is 59.9 Å². The van der Waals surface area contributed by atoms with Gasteiger partial charge in [-0.25, -0.2) is 0 Å². The van der Waals surface area contributed by atoms with Crippen molar-refractivity contribution in [1.29, 1.82) is 0 Å². The highest BCUT2D eigenvalue weighted by Gasteiger charge is 2.02. The van der Waals surface area contributed by atoms with E-state index in [4.69, 9.17) is 24.7 Å². The lowest BCUT2D eigenvalue weighted by molar-refractivity contribution is -0.0288.